The van der Waals surface area contributed by atoms with Crippen LogP contribution in [0.1, 0.15) is 187 Å². The summed E-state index contributed by atoms with van der Waals surface area (Å²) in [7, 11) is 0. The Bertz CT molecular complexity index is 460. The average molecular weight is 523 g/mol. The molecule has 0 aromatic rings. The van der Waals surface area contributed by atoms with Gasteiger partial charge >= 0.3 is 0 Å². The minimum atomic E-state index is 0.765. The van der Waals surface area contributed by atoms with Gasteiger partial charge in [-0.25, -0.2) is 0 Å². The summed E-state index contributed by atoms with van der Waals surface area (Å²) >= 11 is 0. The molecule has 3 aliphatic carbocycles. The normalized spacial score (nSPS) is 27.5. The van der Waals surface area contributed by atoms with Gasteiger partial charge in [0, 0.05) is 0 Å². The van der Waals surface area contributed by atoms with Crippen LogP contribution in [0.3, 0.4) is 0 Å². The van der Waals surface area contributed by atoms with E-state index in [2.05, 4.69) is 69.2 Å². The number of hydrogen-bond donors (Lipinski definition) is 0. The number of rotatable bonds is 13. The molecule has 0 heterocycles. The van der Waals surface area contributed by atoms with Crippen LogP contribution >= 0.6 is 0 Å². The average Bonchev–Trinajstić information content (AvgIpc) is 3.68. The second-order valence-electron chi connectivity index (χ2n) is 13.2. The Kier molecular flexibility index (Phi) is 24.1. The predicted octanol–water partition coefficient (Wildman–Crippen LogP) is 13.6. The van der Waals surface area contributed by atoms with Crippen molar-refractivity contribution in [2.24, 2.45) is 52.8 Å². The van der Waals surface area contributed by atoms with Crippen molar-refractivity contribution in [3.05, 3.63) is 0 Å². The van der Waals surface area contributed by atoms with Gasteiger partial charge in [0.2, 0.25) is 0 Å². The highest BCUT2D eigenvalue weighted by Crippen LogP contribution is 2.85. The Balaban J connectivity index is 0. The van der Waals surface area contributed by atoms with E-state index in [1.165, 1.54) is 89.9 Å². The summed E-state index contributed by atoms with van der Waals surface area (Å²) in [4.78, 5) is 0. The summed E-state index contributed by atoms with van der Waals surface area (Å²) in [5.74, 6) is 8.26. The SMILES string of the molecule is CC.CC.CC(C)C(C)C1CCCC1.CCC.CCCCCCCC(C)CC1C2C1C2(C)C(C)CCC. The lowest BCUT2D eigenvalue weighted by atomic mass is 9.75. The van der Waals surface area contributed by atoms with Crippen molar-refractivity contribution in [2.75, 3.05) is 0 Å². The number of unbranched alkanes of at least 4 members (excludes halogenated alkanes) is 4. The fourth-order valence-electron chi connectivity index (χ4n) is 7.18. The van der Waals surface area contributed by atoms with E-state index in [1.807, 2.05) is 27.7 Å². The van der Waals surface area contributed by atoms with Crippen LogP contribution in [0.5, 0.6) is 0 Å². The van der Waals surface area contributed by atoms with Gasteiger partial charge in [0.05, 0.1) is 0 Å². The lowest BCUT2D eigenvalue weighted by Crippen LogP contribution is -2.23. The third-order valence-electron chi connectivity index (χ3n) is 9.95. The second kappa shape index (κ2) is 22.8. The molecule has 3 aliphatic rings. The van der Waals surface area contributed by atoms with Crippen LogP contribution in [0.4, 0.5) is 0 Å². The summed E-state index contributed by atoms with van der Waals surface area (Å²) in [6.45, 7) is 31.6. The zero-order valence-electron chi connectivity index (χ0n) is 29.0. The van der Waals surface area contributed by atoms with E-state index in [4.69, 9.17) is 0 Å². The first-order valence-corrected chi connectivity index (χ1v) is 17.7. The molecule has 5 unspecified atom stereocenters. The van der Waals surface area contributed by atoms with E-state index in [0.717, 1.165) is 52.8 Å². The Labute approximate surface area is 239 Å². The Morgan fingerprint density at radius 3 is 1.59 bits per heavy atom. The molecule has 0 radical (unpaired) electrons. The van der Waals surface area contributed by atoms with Gasteiger partial charge in [0.15, 0.2) is 0 Å². The standard InChI is InChI=1S/C20H38.C10H20.C3H8.2C2H6/c1-6-8-9-10-11-13-15(3)14-17-18-19(17)20(18,5)16(4)12-7-2;1-8(2)9(3)10-6-4-5-7-10;1-3-2;2*1-2/h15-19H,6-14H2,1-5H3;8-10H,4-7H2,1-3H3;3H2,1-2H3;2*1-2H3. The molecule has 0 heteroatoms. The first kappa shape index (κ1) is 39.1. The van der Waals surface area contributed by atoms with Crippen molar-refractivity contribution in [2.45, 2.75) is 187 Å². The Hall–Kier alpha value is 0. The maximum Gasteiger partial charge on any atom is -0.0232 e. The molecule has 3 rings (SSSR count). The second-order valence-corrected chi connectivity index (χ2v) is 13.2. The zero-order chi connectivity index (χ0) is 29.0. The van der Waals surface area contributed by atoms with Gasteiger partial charge in [-0.3, -0.25) is 0 Å². The van der Waals surface area contributed by atoms with Crippen LogP contribution in [-0.2, 0) is 0 Å². The Morgan fingerprint density at radius 1 is 0.676 bits per heavy atom. The van der Waals surface area contributed by atoms with Crippen molar-refractivity contribution >= 4 is 0 Å². The molecular formula is C37H78. The fourth-order valence-corrected chi connectivity index (χ4v) is 7.18. The molecule has 0 aliphatic heterocycles. The molecule has 0 spiro atoms. The lowest BCUT2D eigenvalue weighted by molar-refractivity contribution is 0.191. The number of fused-ring (bicyclic) bond motifs is 1. The quantitative estimate of drug-likeness (QED) is 0.211. The first-order valence-electron chi connectivity index (χ1n) is 17.7. The van der Waals surface area contributed by atoms with Crippen molar-refractivity contribution in [3.8, 4) is 0 Å². The Morgan fingerprint density at radius 2 is 1.16 bits per heavy atom. The third-order valence-corrected chi connectivity index (χ3v) is 9.95. The molecule has 0 aromatic heterocycles. The van der Waals surface area contributed by atoms with Crippen molar-refractivity contribution in [3.63, 3.8) is 0 Å². The maximum atomic E-state index is 2.58. The van der Waals surface area contributed by atoms with Crippen LogP contribution in [0.2, 0.25) is 0 Å². The van der Waals surface area contributed by atoms with Crippen LogP contribution in [-0.4, -0.2) is 0 Å². The van der Waals surface area contributed by atoms with Gasteiger partial charge in [0.1, 0.15) is 0 Å². The third kappa shape index (κ3) is 13.8. The largest absolute Gasteiger partial charge is 0.0683 e. The van der Waals surface area contributed by atoms with E-state index in [9.17, 15) is 0 Å². The molecule has 37 heavy (non-hydrogen) atoms. The van der Waals surface area contributed by atoms with Gasteiger partial charge in [0.25, 0.3) is 0 Å². The molecule has 5 atom stereocenters. The fraction of sp³-hybridized carbons (Fsp3) is 1.00. The summed E-state index contributed by atoms with van der Waals surface area (Å²) in [6, 6.07) is 0. The number of hydrogen-bond acceptors (Lipinski definition) is 0. The van der Waals surface area contributed by atoms with Gasteiger partial charge < -0.3 is 0 Å². The molecule has 0 saturated heterocycles. The minimum Gasteiger partial charge on any atom is -0.0683 e. The molecular weight excluding hydrogens is 444 g/mol. The predicted molar refractivity (Wildman–Crippen MR) is 174 cm³/mol. The van der Waals surface area contributed by atoms with E-state index >= 15 is 0 Å². The van der Waals surface area contributed by atoms with Crippen molar-refractivity contribution in [1.82, 2.24) is 0 Å². The summed E-state index contributed by atoms with van der Waals surface area (Å²) in [5, 5.41) is 0. The lowest BCUT2D eigenvalue weighted by Gasteiger charge is -2.30. The van der Waals surface area contributed by atoms with Crippen LogP contribution in [0.15, 0.2) is 0 Å². The van der Waals surface area contributed by atoms with Gasteiger partial charge in [-0.15, -0.1) is 0 Å². The van der Waals surface area contributed by atoms with Gasteiger partial charge in [-0.2, -0.15) is 0 Å². The summed E-state index contributed by atoms with van der Waals surface area (Å²) in [5.41, 5.74) is 0.765. The molecule has 3 saturated carbocycles. The molecule has 226 valence electrons. The highest BCUT2D eigenvalue weighted by atomic mass is 14.8. The highest BCUT2D eigenvalue weighted by molar-refractivity contribution is 5.28. The summed E-state index contributed by atoms with van der Waals surface area (Å²) < 4.78 is 0. The van der Waals surface area contributed by atoms with E-state index < -0.39 is 0 Å². The van der Waals surface area contributed by atoms with Gasteiger partial charge in [-0.05, 0) is 59.2 Å². The van der Waals surface area contributed by atoms with E-state index in [0.29, 0.717) is 0 Å². The molecule has 0 amide bonds. The summed E-state index contributed by atoms with van der Waals surface area (Å²) in [6.07, 6.45) is 20.3. The van der Waals surface area contributed by atoms with Crippen LogP contribution in [0.25, 0.3) is 0 Å². The molecule has 3 fully saturated rings. The first-order chi connectivity index (χ1) is 17.7. The maximum absolute atomic E-state index is 2.58. The van der Waals surface area contributed by atoms with Crippen LogP contribution in [0, 0.1) is 52.8 Å². The molecule has 0 aromatic carbocycles. The highest BCUT2D eigenvalue weighted by Gasteiger charge is 2.81. The minimum absolute atomic E-state index is 0.765. The van der Waals surface area contributed by atoms with Crippen molar-refractivity contribution in [1.29, 1.82) is 0 Å². The smallest absolute Gasteiger partial charge is 0.0232 e. The molecule has 0 N–H and O–H groups in total. The van der Waals surface area contributed by atoms with Crippen molar-refractivity contribution < 1.29 is 0 Å². The van der Waals surface area contributed by atoms with Crippen LogP contribution < -0.4 is 0 Å². The monoisotopic (exact) mass is 523 g/mol. The van der Waals surface area contributed by atoms with E-state index in [1.54, 1.807) is 0 Å². The molecule has 0 nitrogen and oxygen atoms in total. The van der Waals surface area contributed by atoms with Gasteiger partial charge in [-0.1, -0.05) is 180 Å². The topological polar surface area (TPSA) is 0 Å². The molecule has 0 bridgehead atoms. The van der Waals surface area contributed by atoms with E-state index in [-0.39, 0.29) is 0 Å². The zero-order valence-corrected chi connectivity index (χ0v) is 29.0.